The third-order valence-corrected chi connectivity index (χ3v) is 3.68. The van der Waals surface area contributed by atoms with Gasteiger partial charge in [-0.1, -0.05) is 0 Å². The minimum absolute atomic E-state index is 0.0319. The fraction of sp³-hybridized carbons (Fsp3) is 0.385. The van der Waals surface area contributed by atoms with E-state index in [4.69, 9.17) is 11.6 Å². The molecule has 2 heterocycles. The summed E-state index contributed by atoms with van der Waals surface area (Å²) in [5, 5.41) is 5.24. The summed E-state index contributed by atoms with van der Waals surface area (Å²) in [4.78, 5) is 13.8. The summed E-state index contributed by atoms with van der Waals surface area (Å²) in [5.41, 5.74) is 0.399. The van der Waals surface area contributed by atoms with E-state index in [9.17, 15) is 13.6 Å². The van der Waals surface area contributed by atoms with Crippen molar-refractivity contribution in [1.82, 2.24) is 9.91 Å². The molecule has 0 aliphatic carbocycles. The summed E-state index contributed by atoms with van der Waals surface area (Å²) in [6, 6.07) is 2.50. The first-order valence-electron chi connectivity index (χ1n) is 6.25. The van der Waals surface area contributed by atoms with E-state index in [0.29, 0.717) is 25.1 Å². The molecule has 1 fully saturated rings. The Balaban J connectivity index is 1.81. The Kier molecular flexibility index (Phi) is 3.33. The highest BCUT2D eigenvalue weighted by atomic mass is 35.5. The molecule has 1 aromatic carbocycles. The number of benzene rings is 1. The molecular weight excluding hydrogens is 288 g/mol. The van der Waals surface area contributed by atoms with E-state index in [1.807, 2.05) is 0 Å². The summed E-state index contributed by atoms with van der Waals surface area (Å²) in [6.45, 7) is 0.938. The second-order valence-corrected chi connectivity index (χ2v) is 5.50. The van der Waals surface area contributed by atoms with Crippen LogP contribution < -0.4 is 0 Å². The first-order valence-corrected chi connectivity index (χ1v) is 6.69. The van der Waals surface area contributed by atoms with E-state index in [0.717, 1.165) is 6.07 Å². The maximum atomic E-state index is 13.3. The van der Waals surface area contributed by atoms with Gasteiger partial charge >= 0.3 is 6.03 Å². The van der Waals surface area contributed by atoms with Gasteiger partial charge in [-0.05, 0) is 17.7 Å². The number of hydrogen-bond donors (Lipinski definition) is 0. The topological polar surface area (TPSA) is 35.9 Å². The minimum atomic E-state index is -0.663. The number of hydrazone groups is 1. The number of alkyl halides is 1. The van der Waals surface area contributed by atoms with Gasteiger partial charge in [-0.2, -0.15) is 5.10 Å². The van der Waals surface area contributed by atoms with Crippen LogP contribution in [0.4, 0.5) is 13.6 Å². The van der Waals surface area contributed by atoms with Crippen LogP contribution in [-0.4, -0.2) is 40.6 Å². The van der Waals surface area contributed by atoms with Gasteiger partial charge in [-0.25, -0.2) is 18.6 Å². The van der Waals surface area contributed by atoms with Gasteiger partial charge in [0.15, 0.2) is 0 Å². The third kappa shape index (κ3) is 2.35. The second kappa shape index (κ2) is 5.01. The molecule has 0 bridgehead atoms. The molecule has 0 aromatic heterocycles. The zero-order chi connectivity index (χ0) is 14.3. The van der Waals surface area contributed by atoms with Crippen LogP contribution in [0.3, 0.4) is 0 Å². The molecule has 2 amide bonds. The van der Waals surface area contributed by atoms with Crippen molar-refractivity contribution < 1.29 is 13.6 Å². The van der Waals surface area contributed by atoms with Gasteiger partial charge in [-0.3, -0.25) is 0 Å². The van der Waals surface area contributed by atoms with Gasteiger partial charge in [0.05, 0.1) is 11.4 Å². The normalized spacial score (nSPS) is 22.2. The number of likely N-dealkylation sites (tertiary alicyclic amines) is 1. The number of urea groups is 1. The molecular formula is C13H12ClF2N3O. The van der Waals surface area contributed by atoms with Crippen LogP contribution in [0.25, 0.3) is 0 Å². The van der Waals surface area contributed by atoms with Gasteiger partial charge in [0, 0.05) is 31.8 Å². The maximum absolute atomic E-state index is 13.3. The Morgan fingerprint density at radius 2 is 1.90 bits per heavy atom. The molecule has 3 rings (SSSR count). The average Bonchev–Trinajstić information content (AvgIpc) is 2.82. The molecule has 2 aliphatic rings. The van der Waals surface area contributed by atoms with Crippen LogP contribution in [0.1, 0.15) is 18.0 Å². The van der Waals surface area contributed by atoms with E-state index in [-0.39, 0.29) is 11.4 Å². The zero-order valence-corrected chi connectivity index (χ0v) is 11.2. The van der Waals surface area contributed by atoms with Gasteiger partial charge in [0.1, 0.15) is 11.6 Å². The lowest BCUT2D eigenvalue weighted by atomic mass is 10.0. The first kappa shape index (κ1) is 13.3. The quantitative estimate of drug-likeness (QED) is 0.735. The summed E-state index contributed by atoms with van der Waals surface area (Å²) in [6.07, 6.45) is 2.01. The molecule has 0 radical (unpaired) electrons. The van der Waals surface area contributed by atoms with Crippen molar-refractivity contribution in [2.24, 2.45) is 5.10 Å². The van der Waals surface area contributed by atoms with Crippen molar-refractivity contribution in [2.75, 3.05) is 13.1 Å². The number of rotatable bonds is 1. The summed E-state index contributed by atoms with van der Waals surface area (Å²) in [7, 11) is 0. The van der Waals surface area contributed by atoms with E-state index in [1.165, 1.54) is 17.1 Å². The van der Waals surface area contributed by atoms with Gasteiger partial charge in [0.2, 0.25) is 0 Å². The van der Waals surface area contributed by atoms with Crippen LogP contribution in [0, 0.1) is 11.6 Å². The monoisotopic (exact) mass is 299 g/mol. The minimum Gasteiger partial charge on any atom is -0.320 e. The predicted octanol–water partition coefficient (Wildman–Crippen LogP) is 2.74. The van der Waals surface area contributed by atoms with E-state index in [2.05, 4.69) is 5.10 Å². The molecule has 7 heteroatoms. The molecule has 106 valence electrons. The SMILES string of the molecule is O=C(N1CC(Cl)C1)N1N=CCC1c1cc(F)cc(F)c1. The molecule has 1 saturated heterocycles. The largest absolute Gasteiger partial charge is 0.341 e. The van der Waals surface area contributed by atoms with Crippen molar-refractivity contribution in [1.29, 1.82) is 0 Å². The van der Waals surface area contributed by atoms with Crippen LogP contribution >= 0.6 is 11.6 Å². The highest BCUT2D eigenvalue weighted by Crippen LogP contribution is 2.31. The molecule has 2 aliphatic heterocycles. The summed E-state index contributed by atoms with van der Waals surface area (Å²) >= 11 is 5.84. The van der Waals surface area contributed by atoms with Crippen molar-refractivity contribution in [3.8, 4) is 0 Å². The fourth-order valence-electron chi connectivity index (χ4n) is 2.37. The maximum Gasteiger partial charge on any atom is 0.341 e. The van der Waals surface area contributed by atoms with Crippen LogP contribution in [0.15, 0.2) is 23.3 Å². The van der Waals surface area contributed by atoms with Gasteiger partial charge in [0.25, 0.3) is 0 Å². The van der Waals surface area contributed by atoms with Crippen LogP contribution in [-0.2, 0) is 0 Å². The number of carbonyl (C=O) groups excluding carboxylic acids is 1. The first-order chi connectivity index (χ1) is 9.54. The number of nitrogens with zero attached hydrogens (tertiary/aromatic N) is 3. The molecule has 0 spiro atoms. The Hall–Kier alpha value is -1.69. The van der Waals surface area contributed by atoms with E-state index < -0.39 is 17.7 Å². The highest BCUT2D eigenvalue weighted by molar-refractivity contribution is 6.21. The Morgan fingerprint density at radius 3 is 2.50 bits per heavy atom. The summed E-state index contributed by atoms with van der Waals surface area (Å²) in [5.74, 6) is -1.33. The van der Waals surface area contributed by atoms with E-state index in [1.54, 1.807) is 11.1 Å². The van der Waals surface area contributed by atoms with Crippen molar-refractivity contribution in [3.05, 3.63) is 35.4 Å². The second-order valence-electron chi connectivity index (χ2n) is 4.88. The molecule has 4 nitrogen and oxygen atoms in total. The lowest BCUT2D eigenvalue weighted by Crippen LogP contribution is -2.54. The van der Waals surface area contributed by atoms with Gasteiger partial charge in [-0.15, -0.1) is 11.6 Å². The molecule has 1 atom stereocenters. The number of halogens is 3. The lowest BCUT2D eigenvalue weighted by molar-refractivity contribution is 0.119. The van der Waals surface area contributed by atoms with Crippen molar-refractivity contribution >= 4 is 23.8 Å². The summed E-state index contributed by atoms with van der Waals surface area (Å²) < 4.78 is 26.6. The van der Waals surface area contributed by atoms with Crippen molar-refractivity contribution in [2.45, 2.75) is 17.8 Å². The molecule has 0 N–H and O–H groups in total. The average molecular weight is 300 g/mol. The number of hydrogen-bond acceptors (Lipinski definition) is 2. The molecule has 0 saturated carbocycles. The molecule has 20 heavy (non-hydrogen) atoms. The van der Waals surface area contributed by atoms with Crippen molar-refractivity contribution in [3.63, 3.8) is 0 Å². The van der Waals surface area contributed by atoms with Crippen LogP contribution in [0.2, 0.25) is 0 Å². The zero-order valence-electron chi connectivity index (χ0n) is 10.5. The van der Waals surface area contributed by atoms with Crippen LogP contribution in [0.5, 0.6) is 0 Å². The highest BCUT2D eigenvalue weighted by Gasteiger charge is 2.37. The Bertz CT molecular complexity index is 554. The lowest BCUT2D eigenvalue weighted by Gasteiger charge is -2.38. The Morgan fingerprint density at radius 1 is 1.25 bits per heavy atom. The third-order valence-electron chi connectivity index (χ3n) is 3.40. The molecule has 1 unspecified atom stereocenters. The number of carbonyl (C=O) groups is 1. The predicted molar refractivity (Wildman–Crippen MR) is 70.7 cm³/mol. The van der Waals surface area contributed by atoms with E-state index >= 15 is 0 Å². The fourth-order valence-corrected chi connectivity index (χ4v) is 2.70. The Labute approximate surface area is 119 Å². The molecule has 1 aromatic rings. The van der Waals surface area contributed by atoms with Gasteiger partial charge < -0.3 is 4.90 Å². The standard InChI is InChI=1S/C13H12ClF2N3O/c14-9-6-18(7-9)13(20)19-12(1-2-17-19)8-3-10(15)5-11(16)4-8/h2-5,9,12H,1,6-7H2. The number of amides is 2. The smallest absolute Gasteiger partial charge is 0.320 e.